The van der Waals surface area contributed by atoms with E-state index in [4.69, 9.17) is 0 Å². The Morgan fingerprint density at radius 1 is 1.30 bits per heavy atom. The molecule has 112 valence electrons. The highest BCUT2D eigenvalue weighted by Gasteiger charge is 2.24. The molecule has 1 fully saturated rings. The topological polar surface area (TPSA) is 23.5 Å². The van der Waals surface area contributed by atoms with Gasteiger partial charge in [-0.2, -0.15) is 0 Å². The van der Waals surface area contributed by atoms with Gasteiger partial charge in [0, 0.05) is 13.1 Å². The van der Waals surface area contributed by atoms with Gasteiger partial charge in [-0.25, -0.2) is 4.39 Å². The third kappa shape index (κ3) is 3.32. The van der Waals surface area contributed by atoms with Crippen LogP contribution in [0.4, 0.5) is 10.1 Å². The van der Waals surface area contributed by atoms with Gasteiger partial charge in [0.25, 0.3) is 0 Å². The van der Waals surface area contributed by atoms with E-state index in [1.54, 1.807) is 13.0 Å². The molecule has 20 heavy (non-hydrogen) atoms. The number of rotatable bonds is 4. The van der Waals surface area contributed by atoms with Crippen LogP contribution in [0.3, 0.4) is 0 Å². The Kier molecular flexibility index (Phi) is 5.03. The summed E-state index contributed by atoms with van der Waals surface area (Å²) in [6, 6.07) is 5.50. The predicted octanol–water partition coefficient (Wildman–Crippen LogP) is 4.28. The first-order chi connectivity index (χ1) is 9.52. The lowest BCUT2D eigenvalue weighted by Crippen LogP contribution is -2.35. The fourth-order valence-corrected chi connectivity index (χ4v) is 3.21. The molecule has 1 aliphatic rings. The molecular weight excluding hydrogens is 253 g/mol. The highest BCUT2D eigenvalue weighted by atomic mass is 19.1. The number of nitrogens with zero attached hydrogens (tertiary/aromatic N) is 1. The quantitative estimate of drug-likeness (QED) is 0.889. The lowest BCUT2D eigenvalue weighted by Gasteiger charge is -2.36. The van der Waals surface area contributed by atoms with E-state index in [1.807, 2.05) is 13.1 Å². The second-order valence-electron chi connectivity index (χ2n) is 6.08. The van der Waals surface area contributed by atoms with Gasteiger partial charge in [0.15, 0.2) is 0 Å². The van der Waals surface area contributed by atoms with E-state index in [-0.39, 0.29) is 5.82 Å². The van der Waals surface area contributed by atoms with Gasteiger partial charge in [-0.05, 0) is 56.2 Å². The van der Waals surface area contributed by atoms with Crippen molar-refractivity contribution in [2.24, 2.45) is 5.92 Å². The zero-order valence-corrected chi connectivity index (χ0v) is 12.8. The molecule has 1 aliphatic carbocycles. The minimum atomic E-state index is -0.621. The number of aliphatic hydroxyl groups excluding tert-OH is 1. The van der Waals surface area contributed by atoms with Crippen LogP contribution in [0.5, 0.6) is 0 Å². The number of anilines is 1. The maximum Gasteiger partial charge on any atom is 0.146 e. The second kappa shape index (κ2) is 6.57. The highest BCUT2D eigenvalue weighted by Crippen LogP contribution is 2.32. The number of benzene rings is 1. The van der Waals surface area contributed by atoms with E-state index in [9.17, 15) is 9.50 Å². The molecule has 1 aromatic carbocycles. The van der Waals surface area contributed by atoms with Gasteiger partial charge in [-0.3, -0.25) is 0 Å². The normalized spacial score (nSPS) is 24.4. The summed E-state index contributed by atoms with van der Waals surface area (Å²) in [5, 5.41) is 9.50. The summed E-state index contributed by atoms with van der Waals surface area (Å²) in [7, 11) is 1.98. The van der Waals surface area contributed by atoms with Crippen molar-refractivity contribution in [3.63, 3.8) is 0 Å². The Morgan fingerprint density at radius 3 is 2.45 bits per heavy atom. The van der Waals surface area contributed by atoms with Crippen LogP contribution >= 0.6 is 0 Å². The molecular formula is C17H26FNO. The first-order valence-electron chi connectivity index (χ1n) is 7.73. The predicted molar refractivity (Wildman–Crippen MR) is 81.5 cm³/mol. The smallest absolute Gasteiger partial charge is 0.146 e. The van der Waals surface area contributed by atoms with Crippen molar-refractivity contribution in [3.05, 3.63) is 29.6 Å². The van der Waals surface area contributed by atoms with Crippen molar-refractivity contribution < 1.29 is 9.50 Å². The zero-order valence-electron chi connectivity index (χ0n) is 12.8. The highest BCUT2D eigenvalue weighted by molar-refractivity contribution is 5.49. The van der Waals surface area contributed by atoms with Crippen LogP contribution in [0.15, 0.2) is 18.2 Å². The fourth-order valence-electron chi connectivity index (χ4n) is 3.21. The number of hydrogen-bond acceptors (Lipinski definition) is 2. The number of aliphatic hydroxyl groups is 1. The molecule has 1 N–H and O–H groups in total. The molecule has 0 amide bonds. The fraction of sp³-hybridized carbons (Fsp3) is 0.647. The summed E-state index contributed by atoms with van der Waals surface area (Å²) in [5.41, 5.74) is 1.28. The molecule has 2 rings (SSSR count). The van der Waals surface area contributed by atoms with Crippen LogP contribution in [-0.2, 0) is 0 Å². The minimum Gasteiger partial charge on any atom is -0.389 e. The molecule has 0 aliphatic heterocycles. The Labute approximate surface area is 121 Å². The summed E-state index contributed by atoms with van der Waals surface area (Å²) in [4.78, 5) is 2.08. The van der Waals surface area contributed by atoms with Crippen LogP contribution in [0.25, 0.3) is 0 Å². The molecule has 1 saturated carbocycles. The Balaban J connectivity index is 2.07. The van der Waals surface area contributed by atoms with E-state index in [0.29, 0.717) is 17.3 Å². The molecule has 3 heteroatoms. The maximum absolute atomic E-state index is 14.2. The summed E-state index contributed by atoms with van der Waals surface area (Å²) >= 11 is 0. The third-order valence-electron chi connectivity index (χ3n) is 4.78. The molecule has 0 spiro atoms. The van der Waals surface area contributed by atoms with Crippen molar-refractivity contribution in [1.29, 1.82) is 0 Å². The van der Waals surface area contributed by atoms with Gasteiger partial charge in [0.2, 0.25) is 0 Å². The summed E-state index contributed by atoms with van der Waals surface area (Å²) in [6.07, 6.45) is 5.43. The molecule has 0 aromatic heterocycles. The van der Waals surface area contributed by atoms with Crippen molar-refractivity contribution in [1.82, 2.24) is 0 Å². The Morgan fingerprint density at radius 2 is 1.95 bits per heavy atom. The molecule has 0 heterocycles. The van der Waals surface area contributed by atoms with Crippen LogP contribution in [0.1, 0.15) is 57.6 Å². The van der Waals surface area contributed by atoms with E-state index in [0.717, 1.165) is 18.8 Å². The first-order valence-corrected chi connectivity index (χ1v) is 7.73. The van der Waals surface area contributed by atoms with Crippen LogP contribution < -0.4 is 4.90 Å². The molecule has 0 saturated heterocycles. The van der Waals surface area contributed by atoms with Gasteiger partial charge >= 0.3 is 0 Å². The molecule has 1 aromatic rings. The average Bonchev–Trinajstić information content (AvgIpc) is 2.46. The van der Waals surface area contributed by atoms with Crippen LogP contribution in [0.2, 0.25) is 0 Å². The summed E-state index contributed by atoms with van der Waals surface area (Å²) in [6.45, 7) is 3.91. The zero-order chi connectivity index (χ0) is 14.7. The van der Waals surface area contributed by atoms with E-state index in [1.165, 1.54) is 25.3 Å². The number of halogens is 1. The van der Waals surface area contributed by atoms with E-state index < -0.39 is 6.10 Å². The minimum absolute atomic E-state index is 0.233. The van der Waals surface area contributed by atoms with Crippen molar-refractivity contribution in [3.8, 4) is 0 Å². The Bertz CT molecular complexity index is 439. The number of hydrogen-bond donors (Lipinski definition) is 1. The monoisotopic (exact) mass is 279 g/mol. The molecule has 0 bridgehead atoms. The Hall–Kier alpha value is -1.09. The van der Waals surface area contributed by atoms with Gasteiger partial charge in [0.05, 0.1) is 11.8 Å². The molecule has 2 nitrogen and oxygen atoms in total. The largest absolute Gasteiger partial charge is 0.389 e. The lowest BCUT2D eigenvalue weighted by molar-refractivity contribution is 0.199. The maximum atomic E-state index is 14.2. The molecule has 1 atom stereocenters. The molecule has 0 radical (unpaired) electrons. The van der Waals surface area contributed by atoms with Crippen LogP contribution in [-0.4, -0.2) is 18.2 Å². The standard InChI is InChI=1S/C17H26FNO/c1-4-13-5-8-15(9-6-13)19(3)17-10-7-14(12(2)20)11-16(17)18/h7,10-13,15,20H,4-6,8-9H2,1-3H3/t12-,13?,15?/m0/s1. The van der Waals surface area contributed by atoms with Gasteiger partial charge in [-0.1, -0.05) is 19.4 Å². The van der Waals surface area contributed by atoms with Crippen molar-refractivity contribution >= 4 is 5.69 Å². The first kappa shape index (κ1) is 15.3. The van der Waals surface area contributed by atoms with Crippen molar-refractivity contribution in [2.45, 2.75) is 58.1 Å². The van der Waals surface area contributed by atoms with Gasteiger partial charge in [0.1, 0.15) is 5.82 Å². The summed E-state index contributed by atoms with van der Waals surface area (Å²) < 4.78 is 14.2. The molecule has 0 unspecified atom stereocenters. The second-order valence-corrected chi connectivity index (χ2v) is 6.08. The lowest BCUT2D eigenvalue weighted by atomic mass is 9.84. The van der Waals surface area contributed by atoms with Crippen LogP contribution in [0, 0.1) is 11.7 Å². The SMILES string of the molecule is CCC1CCC(N(C)c2ccc([C@H](C)O)cc2F)CC1. The third-order valence-corrected chi connectivity index (χ3v) is 4.78. The van der Waals surface area contributed by atoms with Gasteiger partial charge < -0.3 is 10.0 Å². The van der Waals surface area contributed by atoms with E-state index in [2.05, 4.69) is 11.8 Å². The average molecular weight is 279 g/mol. The van der Waals surface area contributed by atoms with Crippen molar-refractivity contribution in [2.75, 3.05) is 11.9 Å². The van der Waals surface area contributed by atoms with E-state index >= 15 is 0 Å². The summed E-state index contributed by atoms with van der Waals surface area (Å²) in [5.74, 6) is 0.616. The van der Waals surface area contributed by atoms with Gasteiger partial charge in [-0.15, -0.1) is 0 Å².